The summed E-state index contributed by atoms with van der Waals surface area (Å²) in [6.45, 7) is 0. The Morgan fingerprint density at radius 2 is 2.11 bits per heavy atom. The van der Waals surface area contributed by atoms with E-state index in [9.17, 15) is 13.2 Å². The summed E-state index contributed by atoms with van der Waals surface area (Å²) in [5.41, 5.74) is 0.863. The summed E-state index contributed by atoms with van der Waals surface area (Å²) in [5.74, 6) is -0.986. The van der Waals surface area contributed by atoms with Gasteiger partial charge in [-0.25, -0.2) is 13.2 Å². The molecule has 1 aromatic rings. The maximum absolute atomic E-state index is 11.3. The van der Waals surface area contributed by atoms with Gasteiger partial charge in [-0.2, -0.15) is 0 Å². The number of carboxylic acids is 1. The molecule has 0 bridgehead atoms. The fraction of sp³-hybridized carbons (Fsp3) is 0.250. The summed E-state index contributed by atoms with van der Waals surface area (Å²) < 4.78 is 22.7. The minimum absolute atomic E-state index is 0.106. The van der Waals surface area contributed by atoms with Crippen LogP contribution in [0.2, 0.25) is 5.02 Å². The number of aryl methyl sites for hydroxylation is 1. The molecule has 1 rings (SSSR count). The molecule has 98 valence electrons. The van der Waals surface area contributed by atoms with Crippen LogP contribution in [0, 0.1) is 0 Å². The maximum atomic E-state index is 11.3. The molecule has 0 amide bonds. The number of hydrogen-bond donors (Lipinski definition) is 1. The molecule has 0 radical (unpaired) electrons. The molecular formula is C12H13ClO4S. The van der Waals surface area contributed by atoms with E-state index in [1.54, 1.807) is 18.2 Å². The lowest BCUT2D eigenvalue weighted by Crippen LogP contribution is -1.98. The number of aliphatic carboxylic acids is 1. The minimum atomic E-state index is -3.31. The molecule has 0 heterocycles. The van der Waals surface area contributed by atoms with Crippen LogP contribution in [0.4, 0.5) is 0 Å². The first-order valence-corrected chi connectivity index (χ1v) is 7.45. The van der Waals surface area contributed by atoms with Crippen LogP contribution in [-0.4, -0.2) is 25.7 Å². The van der Waals surface area contributed by atoms with Crippen molar-refractivity contribution in [2.24, 2.45) is 0 Å². The van der Waals surface area contributed by atoms with Crippen molar-refractivity contribution in [3.63, 3.8) is 0 Å². The number of carbonyl (C=O) groups is 1. The normalized spacial score (nSPS) is 11.9. The Morgan fingerprint density at radius 1 is 1.44 bits per heavy atom. The second kappa shape index (κ2) is 6.02. The van der Waals surface area contributed by atoms with E-state index in [1.807, 2.05) is 0 Å². The van der Waals surface area contributed by atoms with E-state index in [0.717, 1.165) is 17.9 Å². The van der Waals surface area contributed by atoms with Crippen molar-refractivity contribution in [3.05, 3.63) is 40.9 Å². The van der Waals surface area contributed by atoms with E-state index in [0.29, 0.717) is 12.8 Å². The molecule has 0 aliphatic rings. The molecule has 1 aromatic carbocycles. The van der Waals surface area contributed by atoms with Crippen molar-refractivity contribution < 1.29 is 18.3 Å². The number of halogens is 1. The molecule has 0 spiro atoms. The zero-order chi connectivity index (χ0) is 13.8. The molecule has 0 atom stereocenters. The van der Waals surface area contributed by atoms with E-state index >= 15 is 0 Å². The Balaban J connectivity index is 2.77. The van der Waals surface area contributed by atoms with Crippen LogP contribution in [0.15, 0.2) is 35.2 Å². The van der Waals surface area contributed by atoms with Gasteiger partial charge in [0, 0.05) is 12.3 Å². The fourth-order valence-corrected chi connectivity index (χ4v) is 2.79. The summed E-state index contributed by atoms with van der Waals surface area (Å²) in [5, 5.41) is 8.60. The maximum Gasteiger partial charge on any atom is 0.327 e. The van der Waals surface area contributed by atoms with Crippen LogP contribution in [0.3, 0.4) is 0 Å². The Bertz CT molecular complexity index is 576. The van der Waals surface area contributed by atoms with Crippen LogP contribution in [0.25, 0.3) is 0 Å². The van der Waals surface area contributed by atoms with E-state index in [-0.39, 0.29) is 9.92 Å². The fourth-order valence-electron chi connectivity index (χ4n) is 1.43. The topological polar surface area (TPSA) is 71.4 Å². The molecule has 4 nitrogen and oxygen atoms in total. The molecule has 18 heavy (non-hydrogen) atoms. The average molecular weight is 289 g/mol. The number of sulfone groups is 1. The second-order valence-corrected chi connectivity index (χ2v) is 6.21. The molecular weight excluding hydrogens is 276 g/mol. The summed E-state index contributed by atoms with van der Waals surface area (Å²) in [6.07, 6.45) is 4.88. The molecule has 0 aliphatic carbocycles. The van der Waals surface area contributed by atoms with Crippen LogP contribution in [-0.2, 0) is 21.1 Å². The Morgan fingerprint density at radius 3 is 2.61 bits per heavy atom. The van der Waals surface area contributed by atoms with Crippen LogP contribution >= 0.6 is 11.6 Å². The highest BCUT2D eigenvalue weighted by Gasteiger charge is 2.11. The molecule has 1 N–H and O–H groups in total. The number of benzene rings is 1. The van der Waals surface area contributed by atoms with Gasteiger partial charge in [0.15, 0.2) is 9.84 Å². The van der Waals surface area contributed by atoms with Gasteiger partial charge in [0.25, 0.3) is 0 Å². The molecule has 0 saturated heterocycles. The van der Waals surface area contributed by atoms with Crippen LogP contribution in [0.5, 0.6) is 0 Å². The monoisotopic (exact) mass is 288 g/mol. The van der Waals surface area contributed by atoms with Crippen molar-refractivity contribution >= 4 is 27.4 Å². The second-order valence-electron chi connectivity index (χ2n) is 3.82. The van der Waals surface area contributed by atoms with E-state index in [4.69, 9.17) is 16.7 Å². The predicted molar refractivity (Wildman–Crippen MR) is 69.7 cm³/mol. The van der Waals surface area contributed by atoms with Crippen molar-refractivity contribution in [1.29, 1.82) is 0 Å². The number of allylic oxidation sites excluding steroid dienone is 1. The Labute approximate surface area is 111 Å². The molecule has 0 aromatic heterocycles. The molecule has 0 aliphatic heterocycles. The van der Waals surface area contributed by atoms with Crippen molar-refractivity contribution in [1.82, 2.24) is 0 Å². The lowest BCUT2D eigenvalue weighted by atomic mass is 10.1. The SMILES string of the molecule is CS(=O)(=O)c1ccc(CC/C=C/C(=O)O)cc1Cl. The van der Waals surface area contributed by atoms with E-state index in [2.05, 4.69) is 0 Å². The summed E-state index contributed by atoms with van der Waals surface area (Å²) in [6, 6.07) is 4.73. The van der Waals surface area contributed by atoms with Crippen molar-refractivity contribution in [3.8, 4) is 0 Å². The molecule has 6 heteroatoms. The Kier molecular flexibility index (Phi) is 4.93. The standard InChI is InChI=1S/C12H13ClO4S/c1-18(16,17)11-7-6-9(8-10(11)13)4-2-3-5-12(14)15/h3,5-8H,2,4H2,1H3,(H,14,15)/b5-3+. The first-order valence-electron chi connectivity index (χ1n) is 5.18. The van der Waals surface area contributed by atoms with Gasteiger partial charge in [-0.05, 0) is 30.5 Å². The van der Waals surface area contributed by atoms with Gasteiger partial charge in [-0.15, -0.1) is 0 Å². The van der Waals surface area contributed by atoms with E-state index < -0.39 is 15.8 Å². The molecule has 0 fully saturated rings. The van der Waals surface area contributed by atoms with Gasteiger partial charge in [0.1, 0.15) is 0 Å². The van der Waals surface area contributed by atoms with Crippen molar-refractivity contribution in [2.45, 2.75) is 17.7 Å². The van der Waals surface area contributed by atoms with Gasteiger partial charge in [0.05, 0.1) is 9.92 Å². The highest BCUT2D eigenvalue weighted by atomic mass is 35.5. The van der Waals surface area contributed by atoms with Gasteiger partial charge < -0.3 is 5.11 Å². The lowest BCUT2D eigenvalue weighted by molar-refractivity contribution is -0.131. The third kappa shape index (κ3) is 4.50. The van der Waals surface area contributed by atoms with Crippen LogP contribution in [0.1, 0.15) is 12.0 Å². The smallest absolute Gasteiger partial charge is 0.327 e. The van der Waals surface area contributed by atoms with Gasteiger partial charge in [0.2, 0.25) is 0 Å². The molecule has 0 unspecified atom stereocenters. The lowest BCUT2D eigenvalue weighted by Gasteiger charge is -2.04. The highest BCUT2D eigenvalue weighted by Crippen LogP contribution is 2.23. The highest BCUT2D eigenvalue weighted by molar-refractivity contribution is 7.90. The third-order valence-electron chi connectivity index (χ3n) is 2.26. The summed E-state index contributed by atoms with van der Waals surface area (Å²) in [4.78, 5) is 10.4. The molecule has 0 saturated carbocycles. The zero-order valence-electron chi connectivity index (χ0n) is 9.76. The first kappa shape index (κ1) is 14.7. The van der Waals surface area contributed by atoms with Crippen LogP contribution < -0.4 is 0 Å². The van der Waals surface area contributed by atoms with Gasteiger partial charge in [-0.1, -0.05) is 23.7 Å². The van der Waals surface area contributed by atoms with Crippen molar-refractivity contribution in [2.75, 3.05) is 6.26 Å². The quantitative estimate of drug-likeness (QED) is 0.844. The predicted octanol–water partition coefficient (Wildman–Crippen LogP) is 2.32. The number of rotatable bonds is 5. The third-order valence-corrected chi connectivity index (χ3v) is 3.84. The summed E-state index contributed by atoms with van der Waals surface area (Å²) in [7, 11) is -3.31. The number of carboxylic acid groups (broad SMARTS) is 1. The van der Waals surface area contributed by atoms with E-state index in [1.165, 1.54) is 6.07 Å². The number of hydrogen-bond acceptors (Lipinski definition) is 3. The minimum Gasteiger partial charge on any atom is -0.478 e. The summed E-state index contributed by atoms with van der Waals surface area (Å²) >= 11 is 5.89. The first-order chi connectivity index (χ1) is 8.30. The van der Waals surface area contributed by atoms with Gasteiger partial charge >= 0.3 is 5.97 Å². The van der Waals surface area contributed by atoms with Gasteiger partial charge in [-0.3, -0.25) is 0 Å². The largest absolute Gasteiger partial charge is 0.478 e. The Hall–Kier alpha value is -1.33. The average Bonchev–Trinajstić information content (AvgIpc) is 2.22. The zero-order valence-corrected chi connectivity index (χ0v) is 11.3.